The minimum atomic E-state index is -1.24. The van der Waals surface area contributed by atoms with Gasteiger partial charge in [-0.25, -0.2) is 4.79 Å². The second-order valence-electron chi connectivity index (χ2n) is 11.8. The van der Waals surface area contributed by atoms with Crippen molar-refractivity contribution in [2.75, 3.05) is 0 Å². The number of aromatic carboxylic acids is 1. The van der Waals surface area contributed by atoms with Crippen molar-refractivity contribution in [3.8, 4) is 0 Å². The fourth-order valence-corrected chi connectivity index (χ4v) is 8.17. The largest absolute Gasteiger partial charge is 0.478 e. The quantitative estimate of drug-likeness (QED) is 0.273. The van der Waals surface area contributed by atoms with E-state index in [1.165, 1.54) is 18.9 Å². The third-order valence-electron chi connectivity index (χ3n) is 9.79. The molecule has 6 unspecified atom stereocenters. The van der Waals surface area contributed by atoms with Gasteiger partial charge in [0.1, 0.15) is 5.84 Å². The zero-order valence-corrected chi connectivity index (χ0v) is 21.0. The molecule has 5 N–H and O–H groups in total. The summed E-state index contributed by atoms with van der Waals surface area (Å²) in [5.41, 5.74) is 6.63. The lowest BCUT2D eigenvalue weighted by Crippen LogP contribution is -2.40. The number of nitrogens with one attached hydrogen (secondary N) is 2. The number of carbonyl (C=O) groups excluding carboxylic acids is 3. The number of imide groups is 1. The molecule has 1 heterocycles. The molecule has 9 nitrogen and oxygen atoms in total. The highest BCUT2D eigenvalue weighted by atomic mass is 16.4. The van der Waals surface area contributed by atoms with E-state index in [0.29, 0.717) is 29.1 Å². The van der Waals surface area contributed by atoms with Crippen molar-refractivity contribution in [3.63, 3.8) is 0 Å². The van der Waals surface area contributed by atoms with Crippen molar-refractivity contribution < 1.29 is 24.3 Å². The van der Waals surface area contributed by atoms with Crippen molar-refractivity contribution in [2.24, 2.45) is 34.4 Å². The average Bonchev–Trinajstić information content (AvgIpc) is 3.71. The Morgan fingerprint density at radius 2 is 1.63 bits per heavy atom. The summed E-state index contributed by atoms with van der Waals surface area (Å²) in [5, 5.41) is 15.9. The van der Waals surface area contributed by atoms with Crippen molar-refractivity contribution in [3.05, 3.63) is 46.0 Å². The molecule has 38 heavy (non-hydrogen) atoms. The molecule has 4 bridgehead atoms. The minimum absolute atomic E-state index is 0.00491. The lowest BCUT2D eigenvalue weighted by molar-refractivity contribution is 0.0698. The first-order chi connectivity index (χ1) is 18.3. The monoisotopic (exact) mass is 514 g/mol. The highest BCUT2D eigenvalue weighted by molar-refractivity contribution is 6.35. The number of carboxylic acid groups (broad SMARTS) is 1. The number of hydrogen-bond donors (Lipinski definition) is 4. The zero-order valence-electron chi connectivity index (χ0n) is 21.0. The van der Waals surface area contributed by atoms with E-state index in [1.807, 2.05) is 0 Å². The van der Waals surface area contributed by atoms with E-state index < -0.39 is 23.7 Å². The Bertz CT molecular complexity index is 1480. The number of carboxylic acids is 1. The number of amides is 3. The third kappa shape index (κ3) is 3.40. The molecule has 0 saturated heterocycles. The number of aliphatic imine (C=N–C) groups is 1. The molecule has 0 aromatic heterocycles. The predicted octanol–water partition coefficient (Wildman–Crippen LogP) is 3.23. The second-order valence-corrected chi connectivity index (χ2v) is 11.8. The Morgan fingerprint density at radius 1 is 0.921 bits per heavy atom. The smallest absolute Gasteiger partial charge is 0.336 e. The third-order valence-corrected chi connectivity index (χ3v) is 9.79. The molecule has 2 aromatic carbocycles. The predicted molar refractivity (Wildman–Crippen MR) is 139 cm³/mol. The SMILES string of the molecule is NC(=NC1CC2CCC1C2)c1c(C(=O)NC2CC3CCC2C3)c2c(c3c(C(=O)O)cccc13)C(=O)NC2=O. The van der Waals surface area contributed by atoms with Crippen LogP contribution in [-0.4, -0.2) is 46.7 Å². The van der Waals surface area contributed by atoms with Crippen molar-refractivity contribution >= 4 is 40.3 Å². The number of nitrogens with zero attached hydrogens (tertiary/aromatic N) is 1. The molecular formula is C29H30N4O5. The van der Waals surface area contributed by atoms with Gasteiger partial charge in [0, 0.05) is 17.0 Å². The highest BCUT2D eigenvalue weighted by Gasteiger charge is 2.44. The number of carbonyl (C=O) groups is 4. The van der Waals surface area contributed by atoms with Crippen LogP contribution < -0.4 is 16.4 Å². The lowest BCUT2D eigenvalue weighted by atomic mass is 9.86. The van der Waals surface area contributed by atoms with Crippen LogP contribution in [0.25, 0.3) is 10.8 Å². The molecule has 5 aliphatic rings. The van der Waals surface area contributed by atoms with Gasteiger partial charge in [-0.05, 0) is 73.6 Å². The van der Waals surface area contributed by atoms with Crippen molar-refractivity contribution in [1.29, 1.82) is 0 Å². The molecule has 9 heteroatoms. The summed E-state index contributed by atoms with van der Waals surface area (Å²) in [4.78, 5) is 57.3. The van der Waals surface area contributed by atoms with Crippen molar-refractivity contribution in [2.45, 2.75) is 63.5 Å². The number of fused-ring (bicyclic) bond motifs is 7. The maximum Gasteiger partial charge on any atom is 0.336 e. The summed E-state index contributed by atoms with van der Waals surface area (Å²) < 4.78 is 0. The molecule has 4 saturated carbocycles. The number of rotatable bonds is 5. The van der Waals surface area contributed by atoms with Crippen LogP contribution >= 0.6 is 0 Å². The summed E-state index contributed by atoms with van der Waals surface area (Å²) in [6, 6.07) is 4.64. The summed E-state index contributed by atoms with van der Waals surface area (Å²) >= 11 is 0. The first-order valence-corrected chi connectivity index (χ1v) is 13.7. The number of hydrogen-bond acceptors (Lipinski definition) is 5. The number of nitrogens with two attached hydrogens (primary N) is 1. The van der Waals surface area contributed by atoms with Crippen LogP contribution in [0.15, 0.2) is 23.2 Å². The van der Waals surface area contributed by atoms with Crippen LogP contribution in [0, 0.1) is 23.7 Å². The molecule has 0 spiro atoms. The normalized spacial score (nSPS) is 31.2. The van der Waals surface area contributed by atoms with Gasteiger partial charge >= 0.3 is 5.97 Å². The van der Waals surface area contributed by atoms with Gasteiger partial charge in [0.05, 0.1) is 28.3 Å². The second kappa shape index (κ2) is 8.38. The van der Waals surface area contributed by atoms with E-state index in [-0.39, 0.29) is 51.1 Å². The Kier molecular flexibility index (Phi) is 5.15. The van der Waals surface area contributed by atoms with Gasteiger partial charge in [0.15, 0.2) is 0 Å². The maximum absolute atomic E-state index is 14.0. The van der Waals surface area contributed by atoms with Gasteiger partial charge in [-0.1, -0.05) is 25.0 Å². The van der Waals surface area contributed by atoms with Crippen LogP contribution in [-0.2, 0) is 0 Å². The fraction of sp³-hybridized carbons (Fsp3) is 0.483. The van der Waals surface area contributed by atoms with Crippen LogP contribution in [0.1, 0.15) is 98.4 Å². The Labute approximate surface area is 219 Å². The standard InChI is InChI=1S/C29H30N4O5/c30-25(31-18-10-12-4-6-14(18)8-12)21-16-2-1-3-17(29(37)38)20(16)22-24(28(36)33-27(22)35)23(21)26(34)32-19-11-13-5-7-15(19)9-13/h1-3,12-15,18-19H,4-11H2,(H2,30,31)(H,32,34)(H,37,38)(H,33,35,36). The number of benzene rings is 2. The van der Waals surface area contributed by atoms with Gasteiger partial charge in [-0.2, -0.15) is 0 Å². The first-order valence-electron chi connectivity index (χ1n) is 13.7. The summed E-state index contributed by atoms with van der Waals surface area (Å²) in [5.74, 6) is -0.971. The molecule has 3 amide bonds. The van der Waals surface area contributed by atoms with E-state index >= 15 is 0 Å². The summed E-state index contributed by atoms with van der Waals surface area (Å²) in [7, 11) is 0. The Balaban J connectivity index is 1.45. The van der Waals surface area contributed by atoms with Crippen LogP contribution in [0.5, 0.6) is 0 Å². The van der Waals surface area contributed by atoms with Crippen molar-refractivity contribution in [1.82, 2.24) is 10.6 Å². The Hall–Kier alpha value is -3.75. The van der Waals surface area contributed by atoms with E-state index in [4.69, 9.17) is 10.7 Å². The molecule has 2 aromatic rings. The molecule has 6 atom stereocenters. The van der Waals surface area contributed by atoms with E-state index in [9.17, 15) is 24.3 Å². The van der Waals surface area contributed by atoms with Gasteiger partial charge in [-0.3, -0.25) is 24.7 Å². The van der Waals surface area contributed by atoms with Crippen LogP contribution in [0.2, 0.25) is 0 Å². The molecule has 4 aliphatic carbocycles. The first kappa shape index (κ1) is 23.4. The van der Waals surface area contributed by atoms with Gasteiger partial charge in [-0.15, -0.1) is 0 Å². The number of amidine groups is 1. The zero-order chi connectivity index (χ0) is 26.3. The minimum Gasteiger partial charge on any atom is -0.478 e. The average molecular weight is 515 g/mol. The maximum atomic E-state index is 14.0. The van der Waals surface area contributed by atoms with Gasteiger partial charge in [0.25, 0.3) is 17.7 Å². The summed E-state index contributed by atoms with van der Waals surface area (Å²) in [6.45, 7) is 0. The van der Waals surface area contributed by atoms with E-state index in [2.05, 4.69) is 10.6 Å². The van der Waals surface area contributed by atoms with Crippen LogP contribution in [0.3, 0.4) is 0 Å². The fourth-order valence-electron chi connectivity index (χ4n) is 8.17. The van der Waals surface area contributed by atoms with Gasteiger partial charge < -0.3 is 16.2 Å². The topological polar surface area (TPSA) is 151 Å². The van der Waals surface area contributed by atoms with Crippen LogP contribution in [0.4, 0.5) is 0 Å². The molecule has 4 fully saturated rings. The molecule has 1 aliphatic heterocycles. The Morgan fingerprint density at radius 3 is 2.26 bits per heavy atom. The van der Waals surface area contributed by atoms with E-state index in [1.54, 1.807) is 12.1 Å². The highest BCUT2D eigenvalue weighted by Crippen LogP contribution is 2.47. The van der Waals surface area contributed by atoms with Gasteiger partial charge in [0.2, 0.25) is 0 Å². The molecule has 7 rings (SSSR count). The lowest BCUT2D eigenvalue weighted by Gasteiger charge is -2.25. The summed E-state index contributed by atoms with van der Waals surface area (Å²) in [6.07, 6.45) is 8.55. The molecular weight excluding hydrogens is 484 g/mol. The van der Waals surface area contributed by atoms with E-state index in [0.717, 1.165) is 38.5 Å². The molecule has 196 valence electrons. The molecule has 0 radical (unpaired) electrons.